The van der Waals surface area contributed by atoms with Gasteiger partial charge >= 0.3 is 6.18 Å². The second-order valence-corrected chi connectivity index (χ2v) is 8.13. The van der Waals surface area contributed by atoms with Gasteiger partial charge in [-0.15, -0.1) is 0 Å². The van der Waals surface area contributed by atoms with Crippen molar-refractivity contribution in [2.45, 2.75) is 44.1 Å². The molecule has 2 fully saturated rings. The average Bonchev–Trinajstić information content (AvgIpc) is 3.50. The molecule has 0 N–H and O–H groups in total. The number of ether oxygens (including phenoxy) is 1. The van der Waals surface area contributed by atoms with E-state index in [2.05, 4.69) is 15.2 Å². The fraction of sp³-hybridized carbons (Fsp3) is 0.364. The van der Waals surface area contributed by atoms with Crippen LogP contribution in [-0.4, -0.2) is 49.0 Å². The van der Waals surface area contributed by atoms with Crippen LogP contribution in [0, 0.1) is 5.92 Å². The Labute approximate surface area is 181 Å². The highest BCUT2D eigenvalue weighted by Gasteiger charge is 2.53. The summed E-state index contributed by atoms with van der Waals surface area (Å²) in [5, 5.41) is 8.28. The van der Waals surface area contributed by atoms with Crippen molar-refractivity contribution >= 4 is 5.91 Å². The molecule has 32 heavy (non-hydrogen) atoms. The largest absolute Gasteiger partial charge is 0.472 e. The third-order valence-electron chi connectivity index (χ3n) is 6.33. The highest BCUT2D eigenvalue weighted by Crippen LogP contribution is 2.44. The van der Waals surface area contributed by atoms with Crippen molar-refractivity contribution in [1.82, 2.24) is 24.9 Å². The van der Waals surface area contributed by atoms with E-state index < -0.39 is 11.7 Å². The second-order valence-electron chi connectivity index (χ2n) is 8.13. The van der Waals surface area contributed by atoms with Crippen LogP contribution in [0.5, 0.6) is 5.88 Å². The molecule has 2 aliphatic rings. The van der Waals surface area contributed by atoms with E-state index in [1.165, 1.54) is 10.9 Å². The quantitative estimate of drug-likeness (QED) is 0.614. The monoisotopic (exact) mass is 443 g/mol. The molecule has 7 nitrogen and oxygen atoms in total. The minimum atomic E-state index is -4.45. The van der Waals surface area contributed by atoms with E-state index in [4.69, 9.17) is 4.74 Å². The zero-order valence-corrected chi connectivity index (χ0v) is 17.1. The van der Waals surface area contributed by atoms with E-state index in [0.717, 1.165) is 25.1 Å². The van der Waals surface area contributed by atoms with E-state index in [1.54, 1.807) is 30.6 Å². The number of fused-ring (bicyclic) bond motifs is 2. The first-order valence-electron chi connectivity index (χ1n) is 10.3. The Morgan fingerprint density at radius 1 is 1.09 bits per heavy atom. The van der Waals surface area contributed by atoms with Crippen molar-refractivity contribution in [2.75, 3.05) is 0 Å². The van der Waals surface area contributed by atoms with E-state index in [1.807, 2.05) is 17.9 Å². The van der Waals surface area contributed by atoms with E-state index >= 15 is 0 Å². The molecule has 0 spiro atoms. The number of piperidine rings is 1. The molecule has 0 radical (unpaired) electrons. The first-order valence-corrected chi connectivity index (χ1v) is 10.3. The summed E-state index contributed by atoms with van der Waals surface area (Å²) in [7, 11) is 0. The topological polar surface area (TPSA) is 73.1 Å². The number of para-hydroxylation sites is 1. The molecule has 1 aromatic carbocycles. The van der Waals surface area contributed by atoms with Crippen LogP contribution in [0.1, 0.15) is 35.7 Å². The number of benzene rings is 1. The van der Waals surface area contributed by atoms with Crippen molar-refractivity contribution in [1.29, 1.82) is 0 Å². The number of aromatic nitrogens is 4. The van der Waals surface area contributed by atoms with E-state index in [0.29, 0.717) is 11.3 Å². The van der Waals surface area contributed by atoms with Crippen molar-refractivity contribution < 1.29 is 22.7 Å². The summed E-state index contributed by atoms with van der Waals surface area (Å²) in [6, 6.07) is 9.14. The zero-order valence-electron chi connectivity index (χ0n) is 17.1. The molecular formula is C22H20F3N5O2. The van der Waals surface area contributed by atoms with Gasteiger partial charge in [0.1, 0.15) is 6.10 Å². The summed E-state index contributed by atoms with van der Waals surface area (Å²) >= 11 is 0. The lowest BCUT2D eigenvalue weighted by molar-refractivity contribution is -0.137. The molecular weight excluding hydrogens is 423 g/mol. The van der Waals surface area contributed by atoms with Crippen LogP contribution in [0.3, 0.4) is 0 Å². The molecule has 1 saturated heterocycles. The standard InChI is InChI=1S/C22H20F3N5O2/c1-13-14-10-18(19(11-14)32-20-7-6-15(12-26-20)22(23,24)25)29(13)21(31)16-4-2-3-5-17(16)30-27-8-9-28-30/h2-9,12-14,18-19H,10-11H2,1H3/t13?,14?,18-,19+/m0/s1. The summed E-state index contributed by atoms with van der Waals surface area (Å²) in [4.78, 5) is 20.6. The number of amides is 1. The number of pyridine rings is 1. The first kappa shape index (κ1) is 20.5. The van der Waals surface area contributed by atoms with E-state index in [-0.39, 0.29) is 35.9 Å². The number of halogens is 3. The smallest absolute Gasteiger partial charge is 0.417 e. The van der Waals surface area contributed by atoms with Gasteiger partial charge in [-0.2, -0.15) is 28.2 Å². The van der Waals surface area contributed by atoms with Gasteiger partial charge in [-0.1, -0.05) is 12.1 Å². The molecule has 2 bridgehead atoms. The third-order valence-corrected chi connectivity index (χ3v) is 6.33. The lowest BCUT2D eigenvalue weighted by atomic mass is 9.98. The highest BCUT2D eigenvalue weighted by molar-refractivity contribution is 5.98. The van der Waals surface area contributed by atoms with Gasteiger partial charge in [-0.3, -0.25) is 4.79 Å². The summed E-state index contributed by atoms with van der Waals surface area (Å²) in [5.74, 6) is 0.224. The number of hydrogen-bond donors (Lipinski definition) is 0. The zero-order chi connectivity index (χ0) is 22.5. The van der Waals surface area contributed by atoms with Crippen molar-refractivity contribution in [3.63, 3.8) is 0 Å². The Hall–Kier alpha value is -3.43. The van der Waals surface area contributed by atoms with Gasteiger partial charge in [0.05, 0.1) is 35.2 Å². The molecule has 10 heteroatoms. The van der Waals surface area contributed by atoms with Crippen LogP contribution in [0.2, 0.25) is 0 Å². The fourth-order valence-electron chi connectivity index (χ4n) is 4.77. The minimum Gasteiger partial charge on any atom is -0.472 e. The highest BCUT2D eigenvalue weighted by atomic mass is 19.4. The van der Waals surface area contributed by atoms with Crippen molar-refractivity contribution in [3.8, 4) is 11.6 Å². The SMILES string of the molecule is CC1C2C[C@@H](Oc3ccc(C(F)(F)F)cn3)[C@H](C2)N1C(=O)c1ccccc1-n1nccn1. The molecule has 1 amide bonds. The van der Waals surface area contributed by atoms with Crippen molar-refractivity contribution in [2.24, 2.45) is 5.92 Å². The summed E-state index contributed by atoms with van der Waals surface area (Å²) in [6.07, 6.45) is 0.570. The van der Waals surface area contributed by atoms with Crippen LogP contribution < -0.4 is 4.74 Å². The van der Waals surface area contributed by atoms with Crippen LogP contribution in [0.25, 0.3) is 5.69 Å². The van der Waals surface area contributed by atoms with E-state index in [9.17, 15) is 18.0 Å². The number of alkyl halides is 3. The van der Waals surface area contributed by atoms with Gasteiger partial charge < -0.3 is 9.64 Å². The lowest BCUT2D eigenvalue weighted by Crippen LogP contribution is -2.51. The van der Waals surface area contributed by atoms with Crippen LogP contribution in [0.4, 0.5) is 13.2 Å². The second kappa shape index (κ2) is 7.61. The molecule has 2 aromatic heterocycles. The van der Waals surface area contributed by atoms with Gasteiger partial charge in [0.25, 0.3) is 5.91 Å². The fourth-order valence-corrected chi connectivity index (χ4v) is 4.77. The van der Waals surface area contributed by atoms with Gasteiger partial charge in [-0.25, -0.2) is 4.98 Å². The summed E-state index contributed by atoms with van der Waals surface area (Å²) in [5.41, 5.74) is 0.237. The lowest BCUT2D eigenvalue weighted by Gasteiger charge is -2.38. The molecule has 5 rings (SSSR count). The third kappa shape index (κ3) is 3.49. The molecule has 1 saturated carbocycles. The number of likely N-dealkylation sites (tertiary alicyclic amines) is 1. The van der Waals surface area contributed by atoms with Crippen LogP contribution in [0.15, 0.2) is 55.0 Å². The van der Waals surface area contributed by atoms with Gasteiger partial charge in [0, 0.05) is 18.3 Å². The molecule has 4 atom stereocenters. The maximum atomic E-state index is 13.6. The molecule has 3 heterocycles. The maximum absolute atomic E-state index is 13.6. The Morgan fingerprint density at radius 2 is 1.84 bits per heavy atom. The summed E-state index contributed by atoms with van der Waals surface area (Å²) in [6.45, 7) is 2.02. The van der Waals surface area contributed by atoms with Crippen molar-refractivity contribution in [3.05, 3.63) is 66.1 Å². The maximum Gasteiger partial charge on any atom is 0.417 e. The Kier molecular flexibility index (Phi) is 4.87. The molecule has 1 aliphatic heterocycles. The molecule has 2 unspecified atom stereocenters. The predicted molar refractivity (Wildman–Crippen MR) is 107 cm³/mol. The number of rotatable bonds is 4. The predicted octanol–water partition coefficient (Wildman–Crippen LogP) is 3.75. The average molecular weight is 443 g/mol. The Bertz CT molecular complexity index is 1120. The molecule has 166 valence electrons. The number of carbonyl (C=O) groups excluding carboxylic acids is 1. The molecule has 1 aliphatic carbocycles. The van der Waals surface area contributed by atoms with Crippen LogP contribution >= 0.6 is 0 Å². The summed E-state index contributed by atoms with van der Waals surface area (Å²) < 4.78 is 44.3. The number of carbonyl (C=O) groups is 1. The Balaban J connectivity index is 1.38. The number of nitrogens with zero attached hydrogens (tertiary/aromatic N) is 5. The van der Waals surface area contributed by atoms with Gasteiger partial charge in [-0.05, 0) is 43.9 Å². The minimum absolute atomic E-state index is 0.0200. The van der Waals surface area contributed by atoms with Gasteiger partial charge in [0.2, 0.25) is 5.88 Å². The normalized spacial score (nSPS) is 24.7. The number of hydrogen-bond acceptors (Lipinski definition) is 5. The Morgan fingerprint density at radius 3 is 2.50 bits per heavy atom. The van der Waals surface area contributed by atoms with Gasteiger partial charge in [0.15, 0.2) is 0 Å². The first-order chi connectivity index (χ1) is 15.3. The van der Waals surface area contributed by atoms with Crippen LogP contribution in [-0.2, 0) is 6.18 Å². The molecule has 3 aromatic rings.